The van der Waals surface area contributed by atoms with E-state index < -0.39 is 5.72 Å². The molecule has 3 nitrogen and oxygen atoms in total. The predicted octanol–water partition coefficient (Wildman–Crippen LogP) is 4.67. The van der Waals surface area contributed by atoms with Crippen LogP contribution in [-0.2, 0) is 4.74 Å². The summed E-state index contributed by atoms with van der Waals surface area (Å²) in [6, 6.07) is 0. The number of methoxy groups -OCH3 is 1. The van der Waals surface area contributed by atoms with Crippen LogP contribution in [0.5, 0.6) is 0 Å². The van der Waals surface area contributed by atoms with Crippen molar-refractivity contribution in [1.29, 1.82) is 0 Å². The van der Waals surface area contributed by atoms with Gasteiger partial charge in [-0.1, -0.05) is 27.7 Å². The summed E-state index contributed by atoms with van der Waals surface area (Å²) in [6.07, 6.45) is 1.84. The van der Waals surface area contributed by atoms with Crippen molar-refractivity contribution in [2.24, 2.45) is 22.1 Å². The topological polar surface area (TPSA) is 34.0 Å². The molecule has 0 N–H and O–H groups in total. The van der Waals surface area contributed by atoms with Crippen molar-refractivity contribution in [1.82, 2.24) is 0 Å². The van der Waals surface area contributed by atoms with E-state index in [1.807, 2.05) is 0 Å². The number of ether oxygens (including phenoxy) is 1. The first kappa shape index (κ1) is 16.6. The fraction of sp³-hybridized carbons (Fsp3) is 1.00. The summed E-state index contributed by atoms with van der Waals surface area (Å²) in [7, 11) is 1.74. The Balaban J connectivity index is 4.98. The summed E-state index contributed by atoms with van der Waals surface area (Å²) in [5.74, 6) is 1.10. The molecule has 0 aromatic rings. The zero-order chi connectivity index (χ0) is 13.7. The number of hydrogen-bond donors (Lipinski definition) is 0. The second-order valence-electron chi connectivity index (χ2n) is 6.72. The molecule has 0 aliphatic carbocycles. The van der Waals surface area contributed by atoms with E-state index in [0.29, 0.717) is 11.8 Å². The highest BCUT2D eigenvalue weighted by Gasteiger charge is 2.32. The lowest BCUT2D eigenvalue weighted by Crippen LogP contribution is -2.33. The summed E-state index contributed by atoms with van der Waals surface area (Å²) in [6.45, 7) is 15.0. The van der Waals surface area contributed by atoms with E-state index in [0.717, 1.165) is 12.8 Å². The highest BCUT2D eigenvalue weighted by Crippen LogP contribution is 2.31. The van der Waals surface area contributed by atoms with Crippen LogP contribution in [0.4, 0.5) is 0 Å². The number of rotatable bonds is 6. The van der Waals surface area contributed by atoms with Crippen molar-refractivity contribution in [2.45, 2.75) is 72.6 Å². The molecule has 0 atom stereocenters. The highest BCUT2D eigenvalue weighted by molar-refractivity contribution is 4.81. The van der Waals surface area contributed by atoms with Crippen LogP contribution in [0.2, 0.25) is 0 Å². The second-order valence-corrected chi connectivity index (χ2v) is 6.72. The van der Waals surface area contributed by atoms with Gasteiger partial charge in [0.05, 0.1) is 5.54 Å². The van der Waals surface area contributed by atoms with Gasteiger partial charge in [-0.15, -0.1) is 0 Å². The minimum atomic E-state index is -0.449. The minimum absolute atomic E-state index is 0.141. The van der Waals surface area contributed by atoms with Crippen LogP contribution >= 0.6 is 0 Å². The van der Waals surface area contributed by atoms with Crippen LogP contribution in [0.25, 0.3) is 0 Å². The molecular formula is C14H30N2O. The Bertz CT molecular complexity index is 229. The van der Waals surface area contributed by atoms with Crippen LogP contribution in [0.15, 0.2) is 10.2 Å². The van der Waals surface area contributed by atoms with E-state index in [-0.39, 0.29) is 5.54 Å². The van der Waals surface area contributed by atoms with Crippen LogP contribution in [0.1, 0.15) is 61.3 Å². The van der Waals surface area contributed by atoms with E-state index >= 15 is 0 Å². The average molecular weight is 242 g/mol. The molecule has 0 aliphatic heterocycles. The Kier molecular flexibility index (Phi) is 6.31. The fourth-order valence-corrected chi connectivity index (χ4v) is 1.89. The van der Waals surface area contributed by atoms with Gasteiger partial charge in [0, 0.05) is 20.0 Å². The molecular weight excluding hydrogens is 212 g/mol. The third-order valence-corrected chi connectivity index (χ3v) is 2.37. The van der Waals surface area contributed by atoms with Gasteiger partial charge in [-0.05, 0) is 32.6 Å². The van der Waals surface area contributed by atoms with E-state index in [4.69, 9.17) is 4.74 Å². The van der Waals surface area contributed by atoms with Crippen LogP contribution < -0.4 is 0 Å². The van der Waals surface area contributed by atoms with Crippen molar-refractivity contribution < 1.29 is 4.74 Å². The summed E-state index contributed by atoms with van der Waals surface area (Å²) >= 11 is 0. The lowest BCUT2D eigenvalue weighted by atomic mass is 9.92. The summed E-state index contributed by atoms with van der Waals surface area (Å²) in [4.78, 5) is 0. The molecule has 0 heterocycles. The van der Waals surface area contributed by atoms with E-state index in [9.17, 15) is 0 Å². The lowest BCUT2D eigenvalue weighted by molar-refractivity contribution is -0.0422. The SMILES string of the molecule is COC(CC(C)C)(CC(C)C)N=NC(C)(C)C. The quantitative estimate of drug-likeness (QED) is 0.623. The summed E-state index contributed by atoms with van der Waals surface area (Å²) < 4.78 is 5.69. The van der Waals surface area contributed by atoms with Gasteiger partial charge in [-0.3, -0.25) is 0 Å². The maximum Gasteiger partial charge on any atom is 0.178 e. The van der Waals surface area contributed by atoms with Crippen molar-refractivity contribution in [2.75, 3.05) is 7.11 Å². The Labute approximate surface area is 107 Å². The Morgan fingerprint density at radius 2 is 1.29 bits per heavy atom. The van der Waals surface area contributed by atoms with Gasteiger partial charge in [0.2, 0.25) is 0 Å². The van der Waals surface area contributed by atoms with Crippen LogP contribution in [0.3, 0.4) is 0 Å². The fourth-order valence-electron chi connectivity index (χ4n) is 1.89. The van der Waals surface area contributed by atoms with Crippen LogP contribution in [-0.4, -0.2) is 18.4 Å². The van der Waals surface area contributed by atoms with Gasteiger partial charge < -0.3 is 4.74 Å². The standard InChI is InChI=1S/C14H30N2O/c1-11(2)9-14(17-8,10-12(3)4)16-15-13(5,6)7/h11-12H,9-10H2,1-8H3. The van der Waals surface area contributed by atoms with Gasteiger partial charge >= 0.3 is 0 Å². The first-order valence-electron chi connectivity index (χ1n) is 6.59. The van der Waals surface area contributed by atoms with Crippen molar-refractivity contribution in [3.05, 3.63) is 0 Å². The van der Waals surface area contributed by atoms with E-state index in [1.54, 1.807) is 7.11 Å². The second kappa shape index (κ2) is 6.48. The van der Waals surface area contributed by atoms with Crippen LogP contribution in [0, 0.1) is 11.8 Å². The monoisotopic (exact) mass is 242 g/mol. The molecule has 17 heavy (non-hydrogen) atoms. The molecule has 0 saturated carbocycles. The number of hydrogen-bond acceptors (Lipinski definition) is 3. The van der Waals surface area contributed by atoms with Gasteiger partial charge in [-0.2, -0.15) is 10.2 Å². The number of azo groups is 1. The first-order valence-corrected chi connectivity index (χ1v) is 6.59. The molecule has 0 aromatic heterocycles. The Morgan fingerprint density at radius 3 is 1.53 bits per heavy atom. The minimum Gasteiger partial charge on any atom is -0.355 e. The van der Waals surface area contributed by atoms with Gasteiger partial charge in [-0.25, -0.2) is 0 Å². The van der Waals surface area contributed by atoms with E-state index in [2.05, 4.69) is 58.7 Å². The highest BCUT2D eigenvalue weighted by atomic mass is 16.5. The molecule has 0 bridgehead atoms. The van der Waals surface area contributed by atoms with Gasteiger partial charge in [0.25, 0.3) is 0 Å². The van der Waals surface area contributed by atoms with Crippen molar-refractivity contribution in [3.8, 4) is 0 Å². The lowest BCUT2D eigenvalue weighted by Gasteiger charge is -2.31. The maximum absolute atomic E-state index is 5.69. The third kappa shape index (κ3) is 7.48. The van der Waals surface area contributed by atoms with Crippen molar-refractivity contribution in [3.63, 3.8) is 0 Å². The molecule has 0 aliphatic rings. The normalized spacial score (nSPS) is 14.2. The van der Waals surface area contributed by atoms with E-state index in [1.165, 1.54) is 0 Å². The average Bonchev–Trinajstić information content (AvgIpc) is 2.11. The number of nitrogens with zero attached hydrogens (tertiary/aromatic N) is 2. The first-order chi connectivity index (χ1) is 7.60. The third-order valence-electron chi connectivity index (χ3n) is 2.37. The van der Waals surface area contributed by atoms with Gasteiger partial charge in [0.1, 0.15) is 0 Å². The van der Waals surface area contributed by atoms with Gasteiger partial charge in [0.15, 0.2) is 5.72 Å². The molecule has 3 heteroatoms. The smallest absolute Gasteiger partial charge is 0.178 e. The molecule has 0 fully saturated rings. The summed E-state index contributed by atoms with van der Waals surface area (Å²) in [5.41, 5.74) is -0.590. The molecule has 0 aromatic carbocycles. The molecule has 0 spiro atoms. The molecule has 102 valence electrons. The molecule has 0 amide bonds. The molecule has 0 radical (unpaired) electrons. The predicted molar refractivity (Wildman–Crippen MR) is 73.3 cm³/mol. The molecule has 0 unspecified atom stereocenters. The Hall–Kier alpha value is -0.440. The zero-order valence-corrected chi connectivity index (χ0v) is 12.9. The Morgan fingerprint density at radius 1 is 0.882 bits per heavy atom. The molecule has 0 rings (SSSR count). The maximum atomic E-state index is 5.69. The summed E-state index contributed by atoms with van der Waals surface area (Å²) in [5, 5.41) is 8.93. The zero-order valence-electron chi connectivity index (χ0n) is 12.9. The van der Waals surface area contributed by atoms with Crippen molar-refractivity contribution >= 4 is 0 Å². The largest absolute Gasteiger partial charge is 0.355 e. The molecule has 0 saturated heterocycles.